The molecule has 2 aromatic rings. The van der Waals surface area contributed by atoms with Gasteiger partial charge in [-0.15, -0.1) is 0 Å². The summed E-state index contributed by atoms with van der Waals surface area (Å²) in [6.07, 6.45) is 1.56. The summed E-state index contributed by atoms with van der Waals surface area (Å²) in [7, 11) is 0. The van der Waals surface area contributed by atoms with Crippen LogP contribution in [0.15, 0.2) is 47.4 Å². The maximum atomic E-state index is 13.0. The van der Waals surface area contributed by atoms with Gasteiger partial charge in [0.1, 0.15) is 15.9 Å². The number of benzene rings is 2. The Morgan fingerprint density at radius 2 is 2.00 bits per heavy atom. The Bertz CT molecular complexity index is 960. The van der Waals surface area contributed by atoms with Crippen molar-refractivity contribution in [3.8, 4) is 11.5 Å². The first-order valence-corrected chi connectivity index (χ1v) is 9.08. The van der Waals surface area contributed by atoms with Crippen LogP contribution >= 0.6 is 24.0 Å². The zero-order chi connectivity index (χ0) is 19.6. The molecule has 27 heavy (non-hydrogen) atoms. The maximum Gasteiger partial charge on any atom is 0.312 e. The van der Waals surface area contributed by atoms with E-state index >= 15 is 0 Å². The molecule has 9 heteroatoms. The topological polar surface area (TPSA) is 72.7 Å². The monoisotopic (exact) mass is 404 g/mol. The summed E-state index contributed by atoms with van der Waals surface area (Å²) >= 11 is 6.31. The van der Waals surface area contributed by atoms with E-state index in [2.05, 4.69) is 0 Å². The quantitative estimate of drug-likeness (QED) is 0.310. The minimum atomic E-state index is -0.576. The molecule has 1 heterocycles. The van der Waals surface area contributed by atoms with E-state index in [0.717, 1.165) is 11.8 Å². The van der Waals surface area contributed by atoms with Crippen LogP contribution in [-0.2, 0) is 4.79 Å². The molecular formula is C18H13FN2O4S2. The molecule has 0 atom stereocenters. The summed E-state index contributed by atoms with van der Waals surface area (Å²) in [5.41, 5.74) is 0.212. The Kier molecular flexibility index (Phi) is 5.52. The van der Waals surface area contributed by atoms with Crippen molar-refractivity contribution in [3.05, 3.63) is 68.9 Å². The van der Waals surface area contributed by atoms with Crippen LogP contribution in [0.3, 0.4) is 0 Å². The standard InChI is InChI=1S/C18H13FN2O4S2/c1-2-20-17(22)16(27-18(20)26)10-11-3-8-15(14(9-11)21(23)24)25-13-6-4-12(19)5-7-13/h3-10H,2H2,1H3/b16-10+. The van der Waals surface area contributed by atoms with Crippen LogP contribution in [-0.4, -0.2) is 26.6 Å². The van der Waals surface area contributed by atoms with Crippen molar-refractivity contribution in [1.29, 1.82) is 0 Å². The molecule has 1 amide bonds. The molecule has 2 aromatic carbocycles. The van der Waals surface area contributed by atoms with E-state index < -0.39 is 10.7 Å². The fraction of sp³-hybridized carbons (Fsp3) is 0.111. The van der Waals surface area contributed by atoms with E-state index in [9.17, 15) is 19.3 Å². The second-order valence-electron chi connectivity index (χ2n) is 5.47. The highest BCUT2D eigenvalue weighted by molar-refractivity contribution is 8.26. The lowest BCUT2D eigenvalue weighted by atomic mass is 10.1. The second kappa shape index (κ2) is 7.85. The number of hydrogen-bond donors (Lipinski definition) is 0. The molecule has 0 N–H and O–H groups in total. The van der Waals surface area contributed by atoms with Crippen molar-refractivity contribution >= 4 is 46.0 Å². The number of ether oxygens (including phenoxy) is 1. The van der Waals surface area contributed by atoms with Gasteiger partial charge in [0.2, 0.25) is 5.75 Å². The zero-order valence-corrected chi connectivity index (χ0v) is 15.7. The first-order valence-electron chi connectivity index (χ1n) is 7.86. The van der Waals surface area contributed by atoms with Gasteiger partial charge in [-0.2, -0.15) is 0 Å². The molecule has 1 aliphatic rings. The van der Waals surface area contributed by atoms with Crippen LogP contribution in [0.25, 0.3) is 6.08 Å². The van der Waals surface area contributed by atoms with Gasteiger partial charge in [-0.3, -0.25) is 19.8 Å². The molecule has 0 spiro atoms. The average Bonchev–Trinajstić information content (AvgIpc) is 2.90. The molecule has 1 saturated heterocycles. The maximum absolute atomic E-state index is 13.0. The number of nitrogens with zero attached hydrogens (tertiary/aromatic N) is 2. The minimum Gasteiger partial charge on any atom is -0.450 e. The van der Waals surface area contributed by atoms with Crippen LogP contribution in [0.2, 0.25) is 0 Å². The number of carbonyl (C=O) groups excluding carboxylic acids is 1. The molecule has 138 valence electrons. The number of rotatable bonds is 5. The Morgan fingerprint density at radius 1 is 1.30 bits per heavy atom. The van der Waals surface area contributed by atoms with Crippen molar-refractivity contribution in [1.82, 2.24) is 4.90 Å². The smallest absolute Gasteiger partial charge is 0.312 e. The van der Waals surface area contributed by atoms with Crippen molar-refractivity contribution < 1.29 is 18.8 Å². The van der Waals surface area contributed by atoms with Gasteiger partial charge in [0, 0.05) is 12.6 Å². The molecule has 0 aromatic heterocycles. The van der Waals surface area contributed by atoms with Gasteiger partial charge in [-0.1, -0.05) is 30.0 Å². The van der Waals surface area contributed by atoms with E-state index in [4.69, 9.17) is 17.0 Å². The summed E-state index contributed by atoms with van der Waals surface area (Å²) in [5, 5.41) is 11.4. The van der Waals surface area contributed by atoms with E-state index in [0.29, 0.717) is 21.3 Å². The van der Waals surface area contributed by atoms with Gasteiger partial charge in [-0.25, -0.2) is 4.39 Å². The number of nitro benzene ring substituents is 1. The molecule has 6 nitrogen and oxygen atoms in total. The van der Waals surface area contributed by atoms with Gasteiger partial charge < -0.3 is 4.74 Å². The number of hydrogen-bond acceptors (Lipinski definition) is 6. The first kappa shape index (κ1) is 19.0. The second-order valence-corrected chi connectivity index (χ2v) is 7.14. The highest BCUT2D eigenvalue weighted by Gasteiger charge is 2.30. The van der Waals surface area contributed by atoms with Crippen molar-refractivity contribution in [3.63, 3.8) is 0 Å². The summed E-state index contributed by atoms with van der Waals surface area (Å²) in [5.74, 6) is -0.362. The average molecular weight is 404 g/mol. The van der Waals surface area contributed by atoms with E-state index in [1.807, 2.05) is 6.92 Å². The lowest BCUT2D eigenvalue weighted by Crippen LogP contribution is -2.27. The predicted molar refractivity (Wildman–Crippen MR) is 105 cm³/mol. The zero-order valence-electron chi connectivity index (χ0n) is 14.0. The third-order valence-corrected chi connectivity index (χ3v) is 5.09. The third kappa shape index (κ3) is 4.15. The van der Waals surface area contributed by atoms with Crippen LogP contribution in [0.4, 0.5) is 10.1 Å². The van der Waals surface area contributed by atoms with Crippen molar-refractivity contribution in [2.45, 2.75) is 6.92 Å². The van der Waals surface area contributed by atoms with Crippen LogP contribution < -0.4 is 4.74 Å². The van der Waals surface area contributed by atoms with Gasteiger partial charge in [0.05, 0.1) is 9.83 Å². The Morgan fingerprint density at radius 3 is 2.59 bits per heavy atom. The molecule has 0 aliphatic carbocycles. The molecule has 1 fully saturated rings. The fourth-order valence-electron chi connectivity index (χ4n) is 2.41. The van der Waals surface area contributed by atoms with Crippen LogP contribution in [0.5, 0.6) is 11.5 Å². The molecule has 3 rings (SSSR count). The molecular weight excluding hydrogens is 391 g/mol. The number of amides is 1. The molecule has 0 unspecified atom stereocenters. The minimum absolute atomic E-state index is 0.0184. The Labute approximate surface area is 163 Å². The lowest BCUT2D eigenvalue weighted by molar-refractivity contribution is -0.385. The van der Waals surface area contributed by atoms with Crippen molar-refractivity contribution in [2.75, 3.05) is 6.54 Å². The summed E-state index contributed by atoms with van der Waals surface area (Å²) in [4.78, 5) is 25.0. The summed E-state index contributed by atoms with van der Waals surface area (Å²) in [6, 6.07) is 9.51. The van der Waals surface area contributed by atoms with E-state index in [1.54, 1.807) is 12.1 Å². The lowest BCUT2D eigenvalue weighted by Gasteiger charge is -2.09. The molecule has 0 saturated carbocycles. The van der Waals surface area contributed by atoms with E-state index in [1.165, 1.54) is 41.3 Å². The van der Waals surface area contributed by atoms with Gasteiger partial charge in [0.25, 0.3) is 5.91 Å². The Balaban J connectivity index is 1.91. The van der Waals surface area contributed by atoms with Crippen molar-refractivity contribution in [2.24, 2.45) is 0 Å². The predicted octanol–water partition coefficient (Wildman–Crippen LogP) is 4.75. The normalized spacial score (nSPS) is 15.5. The van der Waals surface area contributed by atoms with Gasteiger partial charge in [-0.05, 0) is 48.9 Å². The Hall–Kier alpha value is -2.78. The number of halogens is 1. The largest absolute Gasteiger partial charge is 0.450 e. The summed E-state index contributed by atoms with van der Waals surface area (Å²) in [6.45, 7) is 2.28. The highest BCUT2D eigenvalue weighted by atomic mass is 32.2. The molecule has 0 bridgehead atoms. The molecule has 1 aliphatic heterocycles. The number of thiocarbonyl (C=S) groups is 1. The number of thioether (sulfide) groups is 1. The van der Waals surface area contributed by atoms with E-state index in [-0.39, 0.29) is 23.1 Å². The molecule has 0 radical (unpaired) electrons. The van der Waals surface area contributed by atoms with Crippen LogP contribution in [0.1, 0.15) is 12.5 Å². The number of likely N-dealkylation sites (N-methyl/N-ethyl adjacent to an activating group) is 1. The highest BCUT2D eigenvalue weighted by Crippen LogP contribution is 2.36. The SMILES string of the molecule is CCN1C(=O)/C(=C\c2ccc(Oc3ccc(F)cc3)c([N+](=O)[O-])c2)SC1=S. The van der Waals surface area contributed by atoms with Gasteiger partial charge >= 0.3 is 5.69 Å². The summed E-state index contributed by atoms with van der Waals surface area (Å²) < 4.78 is 18.9. The van der Waals surface area contributed by atoms with Crippen LogP contribution in [0, 0.1) is 15.9 Å². The first-order chi connectivity index (χ1) is 12.9. The fourth-order valence-corrected chi connectivity index (χ4v) is 3.79. The number of nitro groups is 1. The third-order valence-electron chi connectivity index (χ3n) is 3.71. The number of carbonyl (C=O) groups is 1. The van der Waals surface area contributed by atoms with Gasteiger partial charge in [0.15, 0.2) is 0 Å².